The van der Waals surface area contributed by atoms with E-state index in [0.717, 1.165) is 35.4 Å². The lowest BCUT2D eigenvalue weighted by Gasteiger charge is -2.33. The topological polar surface area (TPSA) is 98.4 Å². The van der Waals surface area contributed by atoms with Crippen LogP contribution in [0.25, 0.3) is 11.3 Å². The maximum atomic E-state index is 12.7. The van der Waals surface area contributed by atoms with E-state index in [2.05, 4.69) is 15.1 Å². The maximum Gasteiger partial charge on any atom is 0.455 e. The summed E-state index contributed by atoms with van der Waals surface area (Å²) in [5, 5.41) is 3.02. The smallest absolute Gasteiger partial charge is 0.455 e. The Kier molecular flexibility index (Phi) is 5.50. The van der Waals surface area contributed by atoms with Gasteiger partial charge >= 0.3 is 12.2 Å². The Labute approximate surface area is 193 Å². The highest BCUT2D eigenvalue weighted by Gasteiger charge is 2.39. The van der Waals surface area contributed by atoms with E-state index < -0.39 is 21.8 Å². The van der Waals surface area contributed by atoms with Crippen LogP contribution in [-0.2, 0) is 22.4 Å². The molecule has 0 aliphatic carbocycles. The molecule has 2 aliphatic rings. The first-order valence-electron chi connectivity index (χ1n) is 10.7. The highest BCUT2D eigenvalue weighted by atomic mass is 32.2. The summed E-state index contributed by atoms with van der Waals surface area (Å²) < 4.78 is 72.4. The second-order valence-electron chi connectivity index (χ2n) is 8.56. The lowest BCUT2D eigenvalue weighted by Crippen LogP contribution is -2.39. The zero-order valence-electron chi connectivity index (χ0n) is 18.1. The van der Waals surface area contributed by atoms with Gasteiger partial charge in [-0.1, -0.05) is 12.1 Å². The lowest BCUT2D eigenvalue weighted by molar-refractivity contribution is -0.146. The summed E-state index contributed by atoms with van der Waals surface area (Å²) in [6.07, 6.45) is 0.309. The Balaban J connectivity index is 1.22. The summed E-state index contributed by atoms with van der Waals surface area (Å²) in [5.74, 6) is -0.324. The van der Waals surface area contributed by atoms with Gasteiger partial charge in [0, 0.05) is 36.9 Å². The quantitative estimate of drug-likeness (QED) is 0.541. The number of aromatic nitrogens is 3. The number of ether oxygens (including phenoxy) is 1. The maximum absolute atomic E-state index is 12.7. The van der Waals surface area contributed by atoms with E-state index in [1.54, 1.807) is 35.4 Å². The van der Waals surface area contributed by atoms with Crippen LogP contribution in [-0.4, -0.2) is 49.0 Å². The zero-order chi connectivity index (χ0) is 24.1. The summed E-state index contributed by atoms with van der Waals surface area (Å²) in [7, 11) is -3.27. The number of hydrogen-bond donors (Lipinski definition) is 0. The minimum atomic E-state index is -4.63. The van der Waals surface area contributed by atoms with Gasteiger partial charge in [-0.25, -0.2) is 8.42 Å². The van der Waals surface area contributed by atoms with Crippen molar-refractivity contribution in [2.45, 2.75) is 36.4 Å². The van der Waals surface area contributed by atoms with Gasteiger partial charge in [-0.3, -0.25) is 4.98 Å². The van der Waals surface area contributed by atoms with Gasteiger partial charge in [-0.05, 0) is 42.1 Å². The number of nitrogens with zero attached hydrogens (tertiary/aromatic N) is 4. The van der Waals surface area contributed by atoms with E-state index in [0.29, 0.717) is 19.5 Å². The molecule has 5 rings (SSSR count). The molecule has 1 fully saturated rings. The van der Waals surface area contributed by atoms with Crippen LogP contribution in [0.3, 0.4) is 0 Å². The van der Waals surface area contributed by atoms with Gasteiger partial charge in [0.15, 0.2) is 9.84 Å². The Bertz CT molecular complexity index is 1300. The number of rotatable bonds is 4. The SMILES string of the molecule is CS(=O)(=O)c1ccc(-c2cc3c(cn2)OC(C2CCN(c4nc(C(F)(F)F)no4)CC2)C3)cc1. The molecule has 1 unspecified atom stereocenters. The number of pyridine rings is 1. The molecule has 0 saturated carbocycles. The Morgan fingerprint density at radius 3 is 2.44 bits per heavy atom. The van der Waals surface area contributed by atoms with Gasteiger partial charge in [0.1, 0.15) is 11.9 Å². The predicted molar refractivity (Wildman–Crippen MR) is 115 cm³/mol. The molecule has 180 valence electrons. The molecule has 0 spiro atoms. The van der Waals surface area contributed by atoms with Crippen LogP contribution < -0.4 is 9.64 Å². The molecule has 2 aliphatic heterocycles. The largest absolute Gasteiger partial charge is 0.488 e. The minimum Gasteiger partial charge on any atom is -0.488 e. The van der Waals surface area contributed by atoms with E-state index in [4.69, 9.17) is 9.26 Å². The van der Waals surface area contributed by atoms with Crippen molar-refractivity contribution in [3.8, 4) is 17.0 Å². The molecule has 1 atom stereocenters. The van der Waals surface area contributed by atoms with Crippen molar-refractivity contribution in [1.29, 1.82) is 0 Å². The summed E-state index contributed by atoms with van der Waals surface area (Å²) >= 11 is 0. The number of benzene rings is 1. The van der Waals surface area contributed by atoms with E-state index in [1.165, 1.54) is 6.26 Å². The van der Waals surface area contributed by atoms with E-state index >= 15 is 0 Å². The van der Waals surface area contributed by atoms with E-state index in [9.17, 15) is 21.6 Å². The average molecular weight is 494 g/mol. The first kappa shape index (κ1) is 22.6. The molecule has 1 saturated heterocycles. The number of fused-ring (bicyclic) bond motifs is 1. The van der Waals surface area contributed by atoms with E-state index in [-0.39, 0.29) is 22.9 Å². The van der Waals surface area contributed by atoms with Crippen molar-refractivity contribution in [3.05, 3.63) is 47.9 Å². The molecule has 0 bridgehead atoms. The lowest BCUT2D eigenvalue weighted by atomic mass is 9.89. The standard InChI is InChI=1S/C22H21F3N4O4S/c1-34(30,31)16-4-2-13(3-5-16)17-10-15-11-18(32-19(15)12-26-17)14-6-8-29(9-7-14)21-27-20(28-33-21)22(23,24)25/h2-5,10,12,14,18H,6-9,11H2,1H3. The molecular formula is C22H21F3N4O4S. The third-order valence-electron chi connectivity index (χ3n) is 6.23. The van der Waals surface area contributed by atoms with Crippen LogP contribution in [0.2, 0.25) is 0 Å². The minimum absolute atomic E-state index is 0.0461. The molecule has 8 nitrogen and oxygen atoms in total. The molecule has 0 amide bonds. The molecule has 0 N–H and O–H groups in total. The number of sulfone groups is 1. The fraction of sp³-hybridized carbons (Fsp3) is 0.409. The number of alkyl halides is 3. The van der Waals surface area contributed by atoms with Crippen molar-refractivity contribution in [3.63, 3.8) is 0 Å². The van der Waals surface area contributed by atoms with Crippen LogP contribution in [0.1, 0.15) is 24.2 Å². The van der Waals surface area contributed by atoms with Crippen molar-refractivity contribution in [1.82, 2.24) is 15.1 Å². The second-order valence-corrected chi connectivity index (χ2v) is 10.6. The zero-order valence-corrected chi connectivity index (χ0v) is 18.9. The number of piperidine rings is 1. The third-order valence-corrected chi connectivity index (χ3v) is 7.36. The summed E-state index contributed by atoms with van der Waals surface area (Å²) in [4.78, 5) is 9.85. The fourth-order valence-corrected chi connectivity index (χ4v) is 5.02. The van der Waals surface area contributed by atoms with Crippen LogP contribution in [0, 0.1) is 5.92 Å². The van der Waals surface area contributed by atoms with Crippen molar-refractivity contribution in [2.24, 2.45) is 5.92 Å². The highest BCUT2D eigenvalue weighted by molar-refractivity contribution is 7.90. The second kappa shape index (κ2) is 8.26. The molecular weight excluding hydrogens is 473 g/mol. The van der Waals surface area contributed by atoms with Gasteiger partial charge < -0.3 is 14.2 Å². The molecule has 3 aromatic rings. The fourth-order valence-electron chi connectivity index (χ4n) is 4.39. The Hall–Kier alpha value is -3.15. The molecule has 1 aromatic carbocycles. The Morgan fingerprint density at radius 1 is 1.12 bits per heavy atom. The molecule has 2 aromatic heterocycles. The van der Waals surface area contributed by atoms with E-state index in [1.807, 2.05) is 6.07 Å². The van der Waals surface area contributed by atoms with Gasteiger partial charge in [0.25, 0.3) is 5.82 Å². The summed E-state index contributed by atoms with van der Waals surface area (Å²) in [6, 6.07) is 8.43. The third kappa shape index (κ3) is 4.46. The molecule has 34 heavy (non-hydrogen) atoms. The van der Waals surface area contributed by atoms with Gasteiger partial charge in [0.2, 0.25) is 0 Å². The normalized spacial score (nSPS) is 19.2. The summed E-state index contributed by atoms with van der Waals surface area (Å²) in [6.45, 7) is 0.993. The van der Waals surface area contributed by atoms with Crippen molar-refractivity contribution < 1.29 is 30.8 Å². The van der Waals surface area contributed by atoms with Crippen molar-refractivity contribution >= 4 is 15.9 Å². The van der Waals surface area contributed by atoms with Crippen LogP contribution in [0.5, 0.6) is 5.75 Å². The van der Waals surface area contributed by atoms with Gasteiger partial charge in [-0.2, -0.15) is 18.2 Å². The van der Waals surface area contributed by atoms with Gasteiger partial charge in [0.05, 0.1) is 16.8 Å². The van der Waals surface area contributed by atoms with Crippen LogP contribution >= 0.6 is 0 Å². The Morgan fingerprint density at radius 2 is 1.82 bits per heavy atom. The summed E-state index contributed by atoms with van der Waals surface area (Å²) in [5.41, 5.74) is 2.57. The number of hydrogen-bond acceptors (Lipinski definition) is 8. The molecule has 12 heteroatoms. The van der Waals surface area contributed by atoms with Crippen LogP contribution in [0.15, 0.2) is 45.9 Å². The number of anilines is 1. The van der Waals surface area contributed by atoms with Crippen molar-refractivity contribution in [2.75, 3.05) is 24.2 Å². The monoisotopic (exact) mass is 494 g/mol. The molecule has 4 heterocycles. The molecule has 0 radical (unpaired) electrons. The number of halogens is 3. The average Bonchev–Trinajstić information content (AvgIpc) is 3.46. The highest BCUT2D eigenvalue weighted by Crippen LogP contribution is 2.37. The van der Waals surface area contributed by atoms with Crippen LogP contribution in [0.4, 0.5) is 19.2 Å². The predicted octanol–water partition coefficient (Wildman–Crippen LogP) is 3.77. The first-order valence-corrected chi connectivity index (χ1v) is 12.6. The first-order chi connectivity index (χ1) is 16.1. The van der Waals surface area contributed by atoms with Gasteiger partial charge in [-0.15, -0.1) is 0 Å².